The largest absolute Gasteiger partial charge is 0.383 e. The smallest absolute Gasteiger partial charge is 0.246 e. The van der Waals surface area contributed by atoms with Gasteiger partial charge in [-0.05, 0) is 42.7 Å². The molecule has 1 fully saturated rings. The van der Waals surface area contributed by atoms with Gasteiger partial charge in [0.15, 0.2) is 5.65 Å². The summed E-state index contributed by atoms with van der Waals surface area (Å²) in [5, 5.41) is 5.41. The summed E-state index contributed by atoms with van der Waals surface area (Å²) in [5.74, 6) is -1.76. The minimum Gasteiger partial charge on any atom is -0.383 e. The number of rotatable bonds is 7. The molecule has 1 amide bonds. The number of carbonyl (C=O) groups excluding carboxylic acids is 1. The number of carbonyl (C=O) groups is 1. The van der Waals surface area contributed by atoms with Gasteiger partial charge in [0, 0.05) is 32.2 Å². The van der Waals surface area contributed by atoms with Crippen LogP contribution < -0.4 is 5.73 Å². The van der Waals surface area contributed by atoms with E-state index in [0.29, 0.717) is 47.0 Å². The van der Waals surface area contributed by atoms with Crippen LogP contribution in [0.2, 0.25) is 0 Å². The van der Waals surface area contributed by atoms with Gasteiger partial charge in [-0.3, -0.25) is 4.79 Å². The van der Waals surface area contributed by atoms with Crippen molar-refractivity contribution in [3.8, 4) is 11.3 Å². The maximum atomic E-state index is 14.2. The Morgan fingerprint density at radius 3 is 2.67 bits per heavy atom. The molecule has 0 aliphatic carbocycles. The molecule has 1 atom stereocenters. The lowest BCUT2D eigenvalue weighted by atomic mass is 10.1. The van der Waals surface area contributed by atoms with Gasteiger partial charge in [-0.1, -0.05) is 30.8 Å². The number of nitrogen functional groups attached to an aromatic ring is 1. The van der Waals surface area contributed by atoms with Gasteiger partial charge in [-0.15, -0.1) is 0 Å². The molecule has 40 heavy (non-hydrogen) atoms. The number of hydrogen-bond donors (Lipinski definition) is 1. The summed E-state index contributed by atoms with van der Waals surface area (Å²) in [6.07, 6.45) is 4.27. The van der Waals surface area contributed by atoms with Crippen LogP contribution in [-0.2, 0) is 21.4 Å². The minimum atomic E-state index is -4.27. The van der Waals surface area contributed by atoms with E-state index in [-0.39, 0.29) is 24.3 Å². The number of piperidine rings is 1. The van der Waals surface area contributed by atoms with Crippen molar-refractivity contribution in [2.45, 2.75) is 30.3 Å². The number of benzene rings is 2. The molecule has 1 saturated heterocycles. The molecule has 2 N–H and O–H groups in total. The zero-order valence-corrected chi connectivity index (χ0v) is 22.5. The van der Waals surface area contributed by atoms with Crippen LogP contribution >= 0.6 is 0 Å². The Morgan fingerprint density at radius 2 is 1.95 bits per heavy atom. The molecule has 5 rings (SSSR count). The highest BCUT2D eigenvalue weighted by Crippen LogP contribution is 2.34. The van der Waals surface area contributed by atoms with E-state index in [2.05, 4.69) is 16.5 Å². The number of sulfonamides is 1. The molecule has 0 unspecified atom stereocenters. The highest BCUT2D eigenvalue weighted by molar-refractivity contribution is 7.89. The molecule has 0 spiro atoms. The number of fused-ring (bicyclic) bond motifs is 1. The van der Waals surface area contributed by atoms with Crippen molar-refractivity contribution < 1.29 is 22.0 Å². The molecule has 3 heterocycles. The van der Waals surface area contributed by atoms with Gasteiger partial charge in [0.25, 0.3) is 0 Å². The number of halogens is 2. The van der Waals surface area contributed by atoms with Crippen molar-refractivity contribution in [3.63, 3.8) is 0 Å². The number of aromatic nitrogens is 4. The van der Waals surface area contributed by atoms with Gasteiger partial charge in [-0.2, -0.15) is 9.40 Å². The first-order chi connectivity index (χ1) is 19.1. The Morgan fingerprint density at radius 1 is 1.20 bits per heavy atom. The molecular weight excluding hydrogens is 540 g/mol. The van der Waals surface area contributed by atoms with E-state index >= 15 is 0 Å². The fourth-order valence-corrected chi connectivity index (χ4v) is 6.12. The minimum absolute atomic E-state index is 0.0752. The summed E-state index contributed by atoms with van der Waals surface area (Å²) < 4.78 is 56.2. The predicted octanol–water partition coefficient (Wildman–Crippen LogP) is 3.52. The summed E-state index contributed by atoms with van der Waals surface area (Å²) in [7, 11) is -2.98. The molecule has 0 bridgehead atoms. The lowest BCUT2D eigenvalue weighted by molar-refractivity contribution is -0.127. The highest BCUT2D eigenvalue weighted by Gasteiger charge is 2.28. The lowest BCUT2D eigenvalue weighted by Crippen LogP contribution is -2.40. The molecular formula is C27H27F2N7O3S. The van der Waals surface area contributed by atoms with E-state index in [9.17, 15) is 22.0 Å². The Balaban J connectivity index is 1.44. The topological polar surface area (TPSA) is 127 Å². The second-order valence-electron chi connectivity index (χ2n) is 9.57. The molecule has 2 aromatic heterocycles. The van der Waals surface area contributed by atoms with Crippen molar-refractivity contribution in [2.24, 2.45) is 0 Å². The maximum absolute atomic E-state index is 14.2. The first-order valence-corrected chi connectivity index (χ1v) is 13.9. The van der Waals surface area contributed by atoms with Crippen LogP contribution in [0.15, 0.2) is 66.3 Å². The number of hydrogen-bond acceptors (Lipinski definition) is 7. The second-order valence-corrected chi connectivity index (χ2v) is 11.6. The molecule has 4 aromatic rings. The first-order valence-electron chi connectivity index (χ1n) is 12.5. The normalized spacial score (nSPS) is 16.0. The van der Waals surface area contributed by atoms with Gasteiger partial charge < -0.3 is 10.6 Å². The zero-order valence-electron chi connectivity index (χ0n) is 21.7. The SMILES string of the molecule is C=CC(=O)N1CCC[C@@H](n2nc(-c3ccc(CN(C)S(=O)(=O)c4cc(F)ccc4F)cc3)c3c(N)ncnc32)C1. The van der Waals surface area contributed by atoms with Crippen LogP contribution in [0.1, 0.15) is 24.4 Å². The van der Waals surface area contributed by atoms with Crippen molar-refractivity contribution in [3.05, 3.63) is 78.6 Å². The van der Waals surface area contributed by atoms with Crippen LogP contribution in [0.3, 0.4) is 0 Å². The van der Waals surface area contributed by atoms with Gasteiger partial charge in [0.1, 0.15) is 34.4 Å². The Kier molecular flexibility index (Phi) is 7.34. The van der Waals surface area contributed by atoms with Crippen molar-refractivity contribution >= 4 is 32.8 Å². The highest BCUT2D eigenvalue weighted by atomic mass is 32.2. The number of anilines is 1. The molecule has 13 heteroatoms. The van der Waals surface area contributed by atoms with Crippen molar-refractivity contribution in [2.75, 3.05) is 25.9 Å². The summed E-state index contributed by atoms with van der Waals surface area (Å²) in [4.78, 5) is 21.8. The number of nitrogens with zero attached hydrogens (tertiary/aromatic N) is 6. The fourth-order valence-electron chi connectivity index (χ4n) is 4.89. The lowest BCUT2D eigenvalue weighted by Gasteiger charge is -2.32. The zero-order chi connectivity index (χ0) is 28.6. The van der Waals surface area contributed by atoms with Gasteiger partial charge in [0.2, 0.25) is 15.9 Å². The number of amides is 1. The predicted molar refractivity (Wildman–Crippen MR) is 145 cm³/mol. The molecule has 2 aromatic carbocycles. The van der Waals surface area contributed by atoms with E-state index in [1.165, 1.54) is 19.5 Å². The third-order valence-corrected chi connectivity index (χ3v) is 8.78. The van der Waals surface area contributed by atoms with E-state index in [1.54, 1.807) is 33.8 Å². The first kappa shape index (κ1) is 27.3. The van der Waals surface area contributed by atoms with E-state index in [4.69, 9.17) is 10.8 Å². The van der Waals surface area contributed by atoms with Crippen LogP contribution in [0.5, 0.6) is 0 Å². The average molecular weight is 568 g/mol. The Hall–Kier alpha value is -4.23. The van der Waals surface area contributed by atoms with Crippen LogP contribution in [-0.4, -0.2) is 63.4 Å². The molecule has 1 aliphatic rings. The van der Waals surface area contributed by atoms with E-state index in [0.717, 1.165) is 29.3 Å². The molecule has 0 radical (unpaired) electrons. The summed E-state index contributed by atoms with van der Waals surface area (Å²) in [5.41, 5.74) is 8.66. The fraction of sp³-hybridized carbons (Fsp3) is 0.259. The number of likely N-dealkylation sites (tertiary alicyclic amines) is 1. The van der Waals surface area contributed by atoms with E-state index in [1.807, 2.05) is 0 Å². The van der Waals surface area contributed by atoms with Gasteiger partial charge in [-0.25, -0.2) is 31.8 Å². The molecule has 0 saturated carbocycles. The number of nitrogens with two attached hydrogens (primary N) is 1. The quantitative estimate of drug-likeness (QED) is 0.339. The maximum Gasteiger partial charge on any atom is 0.246 e. The third-order valence-electron chi connectivity index (χ3n) is 6.96. The van der Waals surface area contributed by atoms with E-state index < -0.39 is 26.6 Å². The van der Waals surface area contributed by atoms with Crippen LogP contribution in [0.4, 0.5) is 14.6 Å². The van der Waals surface area contributed by atoms with Gasteiger partial charge in [0.05, 0.1) is 11.4 Å². The monoisotopic (exact) mass is 567 g/mol. The van der Waals surface area contributed by atoms with Crippen LogP contribution in [0.25, 0.3) is 22.3 Å². The molecule has 10 nitrogen and oxygen atoms in total. The summed E-state index contributed by atoms with van der Waals surface area (Å²) in [6.45, 7) is 4.60. The Labute approximate surface area is 229 Å². The van der Waals surface area contributed by atoms with Gasteiger partial charge >= 0.3 is 0 Å². The summed E-state index contributed by atoms with van der Waals surface area (Å²) >= 11 is 0. The van der Waals surface area contributed by atoms with Crippen molar-refractivity contribution in [1.82, 2.24) is 29.0 Å². The average Bonchev–Trinajstić information content (AvgIpc) is 3.35. The second kappa shape index (κ2) is 10.7. The standard InChI is InChI=1S/C27H27F2N7O3S/c1-3-23(37)35-12-4-5-20(15-35)36-27-24(26(30)31-16-32-27)25(33-36)18-8-6-17(7-9-18)14-34(2)40(38,39)22-13-19(28)10-11-21(22)29/h3,6-11,13,16,20H,1,4-5,12,14-15H2,2H3,(H2,30,31,32)/t20-/m1/s1. The third kappa shape index (κ3) is 5.05. The van der Waals surface area contributed by atoms with Crippen molar-refractivity contribution in [1.29, 1.82) is 0 Å². The van der Waals surface area contributed by atoms with Crippen LogP contribution in [0, 0.1) is 11.6 Å². The summed E-state index contributed by atoms with van der Waals surface area (Å²) in [6, 6.07) is 9.17. The Bertz CT molecular complexity index is 1710. The molecule has 1 aliphatic heterocycles. The molecule has 208 valence electrons.